The fourth-order valence-corrected chi connectivity index (χ4v) is 7.49. The molecule has 2 aliphatic rings. The third kappa shape index (κ3) is 6.29. The van der Waals surface area contributed by atoms with Crippen LogP contribution in [0.25, 0.3) is 0 Å². The van der Waals surface area contributed by atoms with Gasteiger partial charge in [0.1, 0.15) is 0 Å². The molecule has 0 aliphatic carbocycles. The zero-order chi connectivity index (χ0) is 32.8. The van der Waals surface area contributed by atoms with Crippen LogP contribution in [-0.4, -0.2) is 102 Å². The van der Waals surface area contributed by atoms with Crippen LogP contribution in [-0.2, 0) is 20.4 Å². The Morgan fingerprint density at radius 2 is 1.70 bits per heavy atom. The summed E-state index contributed by atoms with van der Waals surface area (Å²) >= 11 is 4.25. The van der Waals surface area contributed by atoms with Gasteiger partial charge in [-0.1, -0.05) is 13.8 Å². The number of aliphatic hydroxyl groups is 1. The van der Waals surface area contributed by atoms with Crippen molar-refractivity contribution in [3.05, 3.63) is 36.2 Å². The molecule has 0 unspecified atom stereocenters. The summed E-state index contributed by atoms with van der Waals surface area (Å²) in [6.07, 6.45) is -11.7. The topological polar surface area (TPSA) is 145 Å². The maximum absolute atomic E-state index is 13.7. The molecule has 0 radical (unpaired) electrons. The number of carbonyl (C=O) groups excluding carboxylic acids is 1. The van der Waals surface area contributed by atoms with Gasteiger partial charge >= 0.3 is 12.4 Å². The highest BCUT2D eigenvalue weighted by atomic mass is 32.2. The van der Waals surface area contributed by atoms with Crippen LogP contribution < -0.4 is 16.0 Å². The Kier molecular flexibility index (Phi) is 9.39. The molecule has 19 heteroatoms. The SMILES string of the molecule is CC(C)[C@H]1C(=O)NCCN1C[C@H]1CN(S(=O)(=O)c2cc(N)ccc2S)CCN1c1ncc(C(O)(C(F)(F)F)C(F)(F)F)cn1. The third-order valence-corrected chi connectivity index (χ3v) is 10.1. The number of nitrogens with zero attached hydrogens (tertiary/aromatic N) is 5. The van der Waals surface area contributed by atoms with Gasteiger partial charge in [-0.15, -0.1) is 12.6 Å². The average molecular weight is 672 g/mol. The first-order valence-corrected chi connectivity index (χ1v) is 15.2. The predicted molar refractivity (Wildman–Crippen MR) is 149 cm³/mol. The van der Waals surface area contributed by atoms with E-state index in [1.165, 1.54) is 23.1 Å². The van der Waals surface area contributed by atoms with Crippen LogP contribution in [0.3, 0.4) is 0 Å². The molecule has 44 heavy (non-hydrogen) atoms. The number of halogens is 6. The van der Waals surface area contributed by atoms with Crippen LogP contribution in [0.15, 0.2) is 40.4 Å². The molecule has 2 fully saturated rings. The molecule has 0 spiro atoms. The van der Waals surface area contributed by atoms with Crippen LogP contribution in [0.4, 0.5) is 38.0 Å². The summed E-state index contributed by atoms with van der Waals surface area (Å²) in [6, 6.07) is 2.77. The molecule has 2 atom stereocenters. The zero-order valence-corrected chi connectivity index (χ0v) is 25.2. The monoisotopic (exact) mass is 671 g/mol. The molecule has 1 aromatic heterocycles. The number of aromatic nitrogens is 2. The highest BCUT2D eigenvalue weighted by Gasteiger charge is 2.71. The van der Waals surface area contributed by atoms with Crippen LogP contribution >= 0.6 is 12.6 Å². The maximum atomic E-state index is 13.7. The van der Waals surface area contributed by atoms with Gasteiger partial charge in [-0.2, -0.15) is 30.6 Å². The standard InChI is InChI=1S/C25H31F6N7O4S2/c1-14(2)20-21(39)33-5-6-36(20)12-17-13-37(44(41,42)19-9-16(32)3-4-18(19)43)7-8-38(17)22-34-10-15(11-35-22)23(40,24(26,27)28)25(29,30)31/h3-4,9-11,14,17,20,40,43H,5-8,12-13,32H2,1-2H3,(H,33,39)/t17-,20-/m0/s1. The van der Waals surface area contributed by atoms with Gasteiger partial charge in [-0.05, 0) is 24.1 Å². The first-order chi connectivity index (χ1) is 20.3. The van der Waals surface area contributed by atoms with Crippen molar-refractivity contribution in [2.24, 2.45) is 5.92 Å². The summed E-state index contributed by atoms with van der Waals surface area (Å²) in [5.74, 6) is -0.676. The number of thiol groups is 1. The predicted octanol–water partition coefficient (Wildman–Crippen LogP) is 2.00. The number of rotatable bonds is 7. The Hall–Kier alpha value is -2.87. The molecule has 244 valence electrons. The molecule has 3 heterocycles. The van der Waals surface area contributed by atoms with Crippen molar-refractivity contribution in [2.75, 3.05) is 49.9 Å². The molecule has 2 saturated heterocycles. The lowest BCUT2D eigenvalue weighted by Gasteiger charge is -2.45. The number of anilines is 2. The molecular formula is C25H31F6N7O4S2. The number of benzene rings is 1. The Balaban J connectivity index is 1.71. The van der Waals surface area contributed by atoms with E-state index in [1.54, 1.807) is 0 Å². The second kappa shape index (κ2) is 12.1. The molecule has 2 aliphatic heterocycles. The van der Waals surface area contributed by atoms with Crippen LogP contribution in [0.1, 0.15) is 19.4 Å². The summed E-state index contributed by atoms with van der Waals surface area (Å²) in [5.41, 5.74) is -0.847. The number of alkyl halides is 6. The summed E-state index contributed by atoms with van der Waals surface area (Å²) < 4.78 is 109. The van der Waals surface area contributed by atoms with E-state index in [2.05, 4.69) is 27.9 Å². The smallest absolute Gasteiger partial charge is 0.399 e. The van der Waals surface area contributed by atoms with Crippen LogP contribution in [0.5, 0.6) is 0 Å². The first kappa shape index (κ1) is 34.0. The number of piperazine rings is 2. The van der Waals surface area contributed by atoms with Crippen molar-refractivity contribution in [3.63, 3.8) is 0 Å². The second-order valence-electron chi connectivity index (χ2n) is 10.9. The quantitative estimate of drug-likeness (QED) is 0.197. The summed E-state index contributed by atoms with van der Waals surface area (Å²) in [4.78, 5) is 23.5. The van der Waals surface area contributed by atoms with E-state index in [1.807, 2.05) is 18.7 Å². The normalized spacial score (nSPS) is 21.5. The number of hydrogen-bond donors (Lipinski definition) is 4. The van der Waals surface area contributed by atoms with Gasteiger partial charge in [0.05, 0.1) is 17.0 Å². The fraction of sp³-hybridized carbons (Fsp3) is 0.560. The van der Waals surface area contributed by atoms with E-state index in [-0.39, 0.29) is 71.8 Å². The minimum absolute atomic E-state index is 0.0765. The van der Waals surface area contributed by atoms with Crippen molar-refractivity contribution < 1.29 is 44.7 Å². The number of amides is 1. The van der Waals surface area contributed by atoms with E-state index in [0.29, 0.717) is 13.1 Å². The molecule has 0 bridgehead atoms. The average Bonchev–Trinajstić information content (AvgIpc) is 2.92. The van der Waals surface area contributed by atoms with Gasteiger partial charge in [0.25, 0.3) is 5.60 Å². The molecule has 1 amide bonds. The van der Waals surface area contributed by atoms with Gasteiger partial charge in [-0.3, -0.25) is 9.69 Å². The van der Waals surface area contributed by atoms with Crippen LogP contribution in [0.2, 0.25) is 0 Å². The van der Waals surface area contributed by atoms with Crippen LogP contribution in [0, 0.1) is 5.92 Å². The molecule has 4 N–H and O–H groups in total. The van der Waals surface area contributed by atoms with Gasteiger partial charge in [-0.25, -0.2) is 18.4 Å². The lowest BCUT2D eigenvalue weighted by molar-refractivity contribution is -0.376. The Labute approximate surface area is 254 Å². The third-order valence-electron chi connectivity index (χ3n) is 7.62. The minimum atomic E-state index is -6.12. The van der Waals surface area contributed by atoms with Crippen molar-refractivity contribution in [1.82, 2.24) is 24.5 Å². The lowest BCUT2D eigenvalue weighted by atomic mass is 9.95. The number of nitrogen functional groups attached to an aromatic ring is 1. The second-order valence-corrected chi connectivity index (χ2v) is 13.3. The maximum Gasteiger partial charge on any atom is 0.430 e. The van der Waals surface area contributed by atoms with Crippen molar-refractivity contribution in [2.45, 2.75) is 53.7 Å². The summed E-state index contributed by atoms with van der Waals surface area (Å²) in [6.45, 7) is 3.97. The Bertz CT molecular complexity index is 1460. The van der Waals surface area contributed by atoms with E-state index in [4.69, 9.17) is 5.73 Å². The molecule has 11 nitrogen and oxygen atoms in total. The van der Waals surface area contributed by atoms with Gasteiger partial charge in [0.15, 0.2) is 0 Å². The van der Waals surface area contributed by atoms with Gasteiger partial charge in [0, 0.05) is 67.8 Å². The molecule has 4 rings (SSSR count). The lowest BCUT2D eigenvalue weighted by Crippen LogP contribution is -2.64. The molecule has 1 aromatic carbocycles. The molecule has 2 aromatic rings. The number of sulfonamides is 1. The van der Waals surface area contributed by atoms with E-state index >= 15 is 0 Å². The number of nitrogens with two attached hydrogens (primary N) is 1. The Morgan fingerprint density at radius 3 is 2.27 bits per heavy atom. The van der Waals surface area contributed by atoms with Crippen molar-refractivity contribution >= 4 is 40.2 Å². The number of hydrogen-bond acceptors (Lipinski definition) is 10. The highest BCUT2D eigenvalue weighted by molar-refractivity contribution is 7.90. The zero-order valence-electron chi connectivity index (χ0n) is 23.5. The fourth-order valence-electron chi connectivity index (χ4n) is 5.42. The first-order valence-electron chi connectivity index (χ1n) is 13.3. The molecule has 0 saturated carbocycles. The van der Waals surface area contributed by atoms with E-state index < -0.39 is 45.6 Å². The largest absolute Gasteiger partial charge is 0.430 e. The van der Waals surface area contributed by atoms with E-state index in [0.717, 1.165) is 4.31 Å². The number of carbonyl (C=O) groups is 1. The summed E-state index contributed by atoms with van der Waals surface area (Å²) in [7, 11) is -4.17. The highest BCUT2D eigenvalue weighted by Crippen LogP contribution is 2.49. The number of nitrogens with one attached hydrogen (secondary N) is 1. The minimum Gasteiger partial charge on any atom is -0.399 e. The Morgan fingerprint density at radius 1 is 1.09 bits per heavy atom. The van der Waals surface area contributed by atoms with Crippen molar-refractivity contribution in [1.29, 1.82) is 0 Å². The van der Waals surface area contributed by atoms with Gasteiger partial charge in [0.2, 0.25) is 21.9 Å². The molecular weight excluding hydrogens is 640 g/mol. The van der Waals surface area contributed by atoms with Crippen molar-refractivity contribution in [3.8, 4) is 0 Å². The summed E-state index contributed by atoms with van der Waals surface area (Å²) in [5, 5.41) is 12.5. The van der Waals surface area contributed by atoms with Gasteiger partial charge < -0.3 is 21.1 Å². The van der Waals surface area contributed by atoms with E-state index in [9.17, 15) is 44.7 Å².